The zero-order chi connectivity index (χ0) is 28.8. The Morgan fingerprint density at radius 3 is 2.23 bits per heavy atom. The fourth-order valence-corrected chi connectivity index (χ4v) is 5.30. The maximum Gasteiger partial charge on any atom is 0.305 e. The third kappa shape index (κ3) is 9.46. The van der Waals surface area contributed by atoms with Gasteiger partial charge in [0.2, 0.25) is 0 Å². The van der Waals surface area contributed by atoms with Crippen LogP contribution in [-0.2, 0) is 22.4 Å². The third-order valence-electron chi connectivity index (χ3n) is 6.06. The number of halogens is 1. The van der Waals surface area contributed by atoms with Crippen molar-refractivity contribution in [2.45, 2.75) is 70.6 Å². The number of esters is 1. The summed E-state index contributed by atoms with van der Waals surface area (Å²) < 4.78 is 16.8. The van der Waals surface area contributed by atoms with Crippen molar-refractivity contribution in [3.05, 3.63) is 46.5 Å². The lowest BCUT2D eigenvalue weighted by Crippen LogP contribution is -2.12. The number of benzene rings is 2. The second-order valence-corrected chi connectivity index (χ2v) is 10.5. The van der Waals surface area contributed by atoms with Crippen LogP contribution in [0.25, 0.3) is 0 Å². The van der Waals surface area contributed by atoms with Gasteiger partial charge in [-0.15, -0.1) is 23.4 Å². The van der Waals surface area contributed by atoms with Crippen LogP contribution < -0.4 is 9.47 Å². The Kier molecular flexibility index (Phi) is 14.2. The lowest BCUT2D eigenvalue weighted by atomic mass is 10.0. The smallest absolute Gasteiger partial charge is 0.305 e. The second-order valence-electron chi connectivity index (χ2n) is 9.05. The zero-order valence-corrected chi connectivity index (χ0v) is 24.8. The predicted octanol–water partition coefficient (Wildman–Crippen LogP) is 6.81. The molecule has 2 rings (SSSR count). The van der Waals surface area contributed by atoms with E-state index in [0.29, 0.717) is 48.5 Å². The molecule has 0 aliphatic carbocycles. The number of thioether (sulfide) groups is 1. The van der Waals surface area contributed by atoms with Crippen molar-refractivity contribution in [2.75, 3.05) is 32.0 Å². The Labute approximate surface area is 240 Å². The van der Waals surface area contributed by atoms with Crippen molar-refractivity contribution in [3.8, 4) is 17.2 Å². The maximum atomic E-state index is 12.5. The molecule has 0 spiro atoms. The normalized spacial score (nSPS) is 10.8. The summed E-state index contributed by atoms with van der Waals surface area (Å²) in [5.74, 6) is 1.11. The molecular weight excluding hydrogens is 540 g/mol. The lowest BCUT2D eigenvalue weighted by molar-refractivity contribution is -0.140. The van der Waals surface area contributed by atoms with Gasteiger partial charge in [0.05, 0.1) is 37.3 Å². The molecule has 0 radical (unpaired) electrons. The number of ketones is 2. The first kappa shape index (κ1) is 32.5. The molecule has 2 aromatic rings. The summed E-state index contributed by atoms with van der Waals surface area (Å²) in [6.07, 6.45) is 4.46. The summed E-state index contributed by atoms with van der Waals surface area (Å²) in [5, 5.41) is 10.6. The number of hydrogen-bond donors (Lipinski definition) is 1. The third-order valence-corrected chi connectivity index (χ3v) is 7.49. The van der Waals surface area contributed by atoms with Crippen LogP contribution in [0, 0.1) is 0 Å². The maximum absolute atomic E-state index is 12.5. The molecule has 2 aromatic carbocycles. The number of rotatable bonds is 18. The van der Waals surface area contributed by atoms with Crippen LogP contribution in [0.4, 0.5) is 0 Å². The molecule has 39 heavy (non-hydrogen) atoms. The van der Waals surface area contributed by atoms with Crippen LogP contribution in [0.5, 0.6) is 17.2 Å². The minimum absolute atomic E-state index is 0.0838. The number of hydrogen-bond acceptors (Lipinski definition) is 8. The van der Waals surface area contributed by atoms with Gasteiger partial charge in [-0.05, 0) is 56.9 Å². The first-order valence-electron chi connectivity index (χ1n) is 13.3. The van der Waals surface area contributed by atoms with Crippen LogP contribution in [-0.4, -0.2) is 54.6 Å². The van der Waals surface area contributed by atoms with E-state index in [1.165, 1.54) is 14.0 Å². The number of carbonyl (C=O) groups is 3. The molecule has 0 fully saturated rings. The van der Waals surface area contributed by atoms with Crippen molar-refractivity contribution >= 4 is 40.9 Å². The summed E-state index contributed by atoms with van der Waals surface area (Å²) in [7, 11) is 1.34. The van der Waals surface area contributed by atoms with E-state index >= 15 is 0 Å². The fourth-order valence-electron chi connectivity index (χ4n) is 4.13. The minimum Gasteiger partial charge on any atom is -0.507 e. The van der Waals surface area contributed by atoms with Crippen LogP contribution in [0.2, 0.25) is 0 Å². The minimum atomic E-state index is -0.314. The molecule has 0 amide bonds. The topological polar surface area (TPSA) is 99.1 Å². The molecule has 0 aliphatic rings. The second kappa shape index (κ2) is 17.1. The van der Waals surface area contributed by atoms with Gasteiger partial charge >= 0.3 is 5.97 Å². The van der Waals surface area contributed by atoms with Gasteiger partial charge in [-0.1, -0.05) is 26.7 Å². The molecule has 0 aliphatic heterocycles. The van der Waals surface area contributed by atoms with E-state index in [1.807, 2.05) is 19.9 Å². The van der Waals surface area contributed by atoms with E-state index in [0.717, 1.165) is 41.0 Å². The SMILES string of the molecule is CCCc1c(SCCCOc2ccc(C(=O)CCl)c(OCCCC(=O)OC)c2CCC)ccc(C(C)=O)c1O. The highest BCUT2D eigenvalue weighted by molar-refractivity contribution is 7.99. The van der Waals surface area contributed by atoms with Gasteiger partial charge in [0.1, 0.15) is 17.2 Å². The quantitative estimate of drug-likeness (QED) is 0.0676. The Morgan fingerprint density at radius 2 is 1.59 bits per heavy atom. The Hall–Kier alpha value is -2.71. The zero-order valence-electron chi connectivity index (χ0n) is 23.3. The average molecular weight is 579 g/mol. The summed E-state index contributed by atoms with van der Waals surface area (Å²) in [5.41, 5.74) is 2.39. The van der Waals surface area contributed by atoms with E-state index in [-0.39, 0.29) is 42.2 Å². The van der Waals surface area contributed by atoms with Gasteiger partial charge in [0.15, 0.2) is 11.6 Å². The molecule has 9 heteroatoms. The lowest BCUT2D eigenvalue weighted by Gasteiger charge is -2.19. The Morgan fingerprint density at radius 1 is 0.923 bits per heavy atom. The molecule has 0 saturated heterocycles. The van der Waals surface area contributed by atoms with Gasteiger partial charge in [-0.2, -0.15) is 0 Å². The van der Waals surface area contributed by atoms with Crippen molar-refractivity contribution in [2.24, 2.45) is 0 Å². The molecule has 0 bridgehead atoms. The summed E-state index contributed by atoms with van der Waals surface area (Å²) in [6, 6.07) is 7.06. The van der Waals surface area contributed by atoms with Crippen LogP contribution in [0.15, 0.2) is 29.2 Å². The van der Waals surface area contributed by atoms with E-state index in [4.69, 9.17) is 21.1 Å². The average Bonchev–Trinajstić information content (AvgIpc) is 2.92. The number of phenols is 1. The highest BCUT2D eigenvalue weighted by Crippen LogP contribution is 2.36. The number of aromatic hydroxyl groups is 1. The molecule has 7 nitrogen and oxygen atoms in total. The molecule has 214 valence electrons. The van der Waals surface area contributed by atoms with Crippen molar-refractivity contribution in [1.82, 2.24) is 0 Å². The fraction of sp³-hybridized carbons (Fsp3) is 0.500. The van der Waals surface area contributed by atoms with Gasteiger partial charge in [-0.25, -0.2) is 0 Å². The standard InChI is InChI=1S/C30H39ClO7S/c1-5-9-23-26(14-12-22(25(33)19-31)30(23)38-16-7-11-28(34)36-4)37-17-8-18-39-27-15-13-21(20(3)32)29(35)24(27)10-6-2/h12-15,35H,5-11,16-19H2,1-4H3. The van der Waals surface area contributed by atoms with Crippen molar-refractivity contribution in [1.29, 1.82) is 0 Å². The van der Waals surface area contributed by atoms with Crippen LogP contribution >= 0.6 is 23.4 Å². The van der Waals surface area contributed by atoms with Gasteiger partial charge in [-0.3, -0.25) is 14.4 Å². The molecule has 0 aromatic heterocycles. The van der Waals surface area contributed by atoms with E-state index in [9.17, 15) is 19.5 Å². The van der Waals surface area contributed by atoms with Crippen LogP contribution in [0.3, 0.4) is 0 Å². The number of carbonyl (C=O) groups excluding carboxylic acids is 3. The molecule has 1 N–H and O–H groups in total. The Bertz CT molecular complexity index is 1130. The highest BCUT2D eigenvalue weighted by atomic mass is 35.5. The largest absolute Gasteiger partial charge is 0.507 e. The number of methoxy groups -OCH3 is 1. The number of ether oxygens (including phenoxy) is 3. The molecule has 0 heterocycles. The van der Waals surface area contributed by atoms with Gasteiger partial charge < -0.3 is 19.3 Å². The molecule has 0 unspecified atom stereocenters. The van der Waals surface area contributed by atoms with Gasteiger partial charge in [0.25, 0.3) is 0 Å². The monoisotopic (exact) mass is 578 g/mol. The molecule has 0 saturated carbocycles. The summed E-state index contributed by atoms with van der Waals surface area (Å²) in [4.78, 5) is 36.7. The molecule has 0 atom stereocenters. The summed E-state index contributed by atoms with van der Waals surface area (Å²) >= 11 is 7.48. The molecular formula is C30H39ClO7S. The highest BCUT2D eigenvalue weighted by Gasteiger charge is 2.20. The van der Waals surface area contributed by atoms with Crippen molar-refractivity contribution < 1.29 is 33.7 Å². The number of phenolic OH excluding ortho intramolecular Hbond substituents is 1. The predicted molar refractivity (Wildman–Crippen MR) is 155 cm³/mol. The van der Waals surface area contributed by atoms with Gasteiger partial charge in [0, 0.05) is 28.2 Å². The van der Waals surface area contributed by atoms with E-state index in [1.54, 1.807) is 30.0 Å². The summed E-state index contributed by atoms with van der Waals surface area (Å²) in [6.45, 7) is 6.24. The first-order valence-corrected chi connectivity index (χ1v) is 14.9. The van der Waals surface area contributed by atoms with E-state index in [2.05, 4.69) is 4.74 Å². The number of alkyl halides is 1. The first-order chi connectivity index (χ1) is 18.8. The number of Topliss-reactive ketones (excluding diaryl/α,β-unsaturated/α-hetero) is 2. The Balaban J connectivity index is 2.11. The van der Waals surface area contributed by atoms with E-state index < -0.39 is 0 Å². The van der Waals surface area contributed by atoms with Crippen LogP contribution in [0.1, 0.15) is 84.7 Å². The van der Waals surface area contributed by atoms with Crippen molar-refractivity contribution in [3.63, 3.8) is 0 Å².